The summed E-state index contributed by atoms with van der Waals surface area (Å²) in [4.78, 5) is 24.7. The second-order valence-electron chi connectivity index (χ2n) is 5.55. The normalized spacial score (nSPS) is 11.0. The number of anilines is 2. The van der Waals surface area contributed by atoms with E-state index >= 15 is 0 Å². The van der Waals surface area contributed by atoms with Crippen LogP contribution in [0.2, 0.25) is 0 Å². The predicted molar refractivity (Wildman–Crippen MR) is 91.6 cm³/mol. The Morgan fingerprint density at radius 2 is 1.52 bits per heavy atom. The lowest BCUT2D eigenvalue weighted by atomic mass is 9.90. The minimum Gasteiger partial charge on any atom is -0.325 e. The first-order valence-corrected chi connectivity index (χ1v) is 7.72. The Balaban J connectivity index is 2.08. The zero-order valence-corrected chi connectivity index (χ0v) is 14.3. The minimum absolute atomic E-state index is 0.305. The third-order valence-corrected chi connectivity index (χ3v) is 3.85. The van der Waals surface area contributed by atoms with Gasteiger partial charge in [-0.1, -0.05) is 22.0 Å². The van der Waals surface area contributed by atoms with Crippen molar-refractivity contribution in [1.82, 2.24) is 0 Å². The topological polar surface area (TPSA) is 58.2 Å². The number of halogens is 2. The van der Waals surface area contributed by atoms with E-state index in [1.54, 1.807) is 30.3 Å². The fourth-order valence-corrected chi connectivity index (χ4v) is 2.04. The van der Waals surface area contributed by atoms with E-state index in [0.29, 0.717) is 11.4 Å². The molecule has 23 heavy (non-hydrogen) atoms. The molecule has 0 saturated heterocycles. The van der Waals surface area contributed by atoms with Gasteiger partial charge in [-0.05, 0) is 56.3 Å². The zero-order chi connectivity index (χ0) is 17.0. The molecule has 2 aromatic carbocycles. The molecule has 0 aromatic heterocycles. The van der Waals surface area contributed by atoms with Gasteiger partial charge in [-0.25, -0.2) is 4.39 Å². The highest BCUT2D eigenvalue weighted by atomic mass is 79.9. The summed E-state index contributed by atoms with van der Waals surface area (Å²) in [7, 11) is 0. The van der Waals surface area contributed by atoms with Gasteiger partial charge in [0.05, 0.1) is 0 Å². The zero-order valence-electron chi connectivity index (χ0n) is 12.7. The van der Waals surface area contributed by atoms with E-state index in [4.69, 9.17) is 0 Å². The van der Waals surface area contributed by atoms with Crippen LogP contribution in [0, 0.1) is 11.2 Å². The lowest BCUT2D eigenvalue weighted by Crippen LogP contribution is -2.41. The van der Waals surface area contributed by atoms with Crippen LogP contribution in [0.25, 0.3) is 0 Å². The van der Waals surface area contributed by atoms with Crippen LogP contribution in [0.1, 0.15) is 13.8 Å². The van der Waals surface area contributed by atoms with Crippen LogP contribution < -0.4 is 10.6 Å². The Morgan fingerprint density at radius 1 is 0.957 bits per heavy atom. The summed E-state index contributed by atoms with van der Waals surface area (Å²) in [5.41, 5.74) is -0.427. The van der Waals surface area contributed by atoms with Gasteiger partial charge in [-0.3, -0.25) is 9.59 Å². The number of hydrogen-bond acceptors (Lipinski definition) is 2. The molecule has 2 aromatic rings. The number of rotatable bonds is 4. The van der Waals surface area contributed by atoms with Gasteiger partial charge in [0.25, 0.3) is 0 Å². The molecule has 0 fully saturated rings. The van der Waals surface area contributed by atoms with Gasteiger partial charge in [0.15, 0.2) is 0 Å². The average Bonchev–Trinajstić information content (AvgIpc) is 2.49. The number of amides is 2. The molecule has 6 heteroatoms. The van der Waals surface area contributed by atoms with Gasteiger partial charge in [-0.15, -0.1) is 0 Å². The molecule has 0 aliphatic carbocycles. The summed E-state index contributed by atoms with van der Waals surface area (Å²) >= 11 is 3.31. The predicted octanol–water partition coefficient (Wildman–Crippen LogP) is 4.19. The molecule has 120 valence electrons. The molecule has 0 saturated carbocycles. The second-order valence-corrected chi connectivity index (χ2v) is 6.47. The van der Waals surface area contributed by atoms with Crippen LogP contribution >= 0.6 is 15.9 Å². The van der Waals surface area contributed by atoms with E-state index in [0.717, 1.165) is 4.47 Å². The van der Waals surface area contributed by atoms with Crippen LogP contribution in [0.5, 0.6) is 0 Å². The summed E-state index contributed by atoms with van der Waals surface area (Å²) in [6.45, 7) is 3.02. The van der Waals surface area contributed by atoms with Gasteiger partial charge < -0.3 is 10.6 Å². The monoisotopic (exact) mass is 378 g/mol. The molecule has 0 bridgehead atoms. The molecule has 2 amide bonds. The summed E-state index contributed by atoms with van der Waals surface area (Å²) in [5, 5.41) is 5.24. The lowest BCUT2D eigenvalue weighted by Gasteiger charge is -2.22. The first-order chi connectivity index (χ1) is 10.8. The van der Waals surface area contributed by atoms with Crippen molar-refractivity contribution in [2.45, 2.75) is 13.8 Å². The molecule has 0 atom stereocenters. The van der Waals surface area contributed by atoms with Gasteiger partial charge >= 0.3 is 0 Å². The first kappa shape index (κ1) is 17.1. The smallest absolute Gasteiger partial charge is 0.239 e. The highest BCUT2D eigenvalue weighted by molar-refractivity contribution is 9.10. The van der Waals surface area contributed by atoms with Crippen molar-refractivity contribution in [3.8, 4) is 0 Å². The fourth-order valence-electron chi connectivity index (χ4n) is 1.78. The molecule has 0 heterocycles. The Hall–Kier alpha value is -2.21. The number of carbonyl (C=O) groups excluding carboxylic acids is 2. The van der Waals surface area contributed by atoms with Crippen LogP contribution in [-0.2, 0) is 9.59 Å². The summed E-state index contributed by atoms with van der Waals surface area (Å²) in [6, 6.07) is 12.5. The average molecular weight is 379 g/mol. The van der Waals surface area contributed by atoms with Crippen molar-refractivity contribution < 1.29 is 14.0 Å². The van der Waals surface area contributed by atoms with Gasteiger partial charge in [-0.2, -0.15) is 0 Å². The summed E-state index contributed by atoms with van der Waals surface area (Å²) in [5.74, 6) is -1.42. The summed E-state index contributed by atoms with van der Waals surface area (Å²) in [6.07, 6.45) is 0. The van der Waals surface area contributed by atoms with Crippen molar-refractivity contribution in [2.75, 3.05) is 10.6 Å². The molecule has 2 N–H and O–H groups in total. The number of benzene rings is 2. The quantitative estimate of drug-likeness (QED) is 0.783. The maximum Gasteiger partial charge on any atom is 0.239 e. The van der Waals surface area contributed by atoms with E-state index < -0.39 is 23.0 Å². The second kappa shape index (κ2) is 6.91. The van der Waals surface area contributed by atoms with E-state index in [-0.39, 0.29) is 0 Å². The number of hydrogen-bond donors (Lipinski definition) is 2. The number of carbonyl (C=O) groups is 2. The molecule has 0 unspecified atom stereocenters. The van der Waals surface area contributed by atoms with Crippen LogP contribution in [0.3, 0.4) is 0 Å². The largest absolute Gasteiger partial charge is 0.325 e. The van der Waals surface area contributed by atoms with Gasteiger partial charge in [0.1, 0.15) is 11.2 Å². The van der Waals surface area contributed by atoms with E-state index in [1.807, 2.05) is 0 Å². The van der Waals surface area contributed by atoms with Crippen molar-refractivity contribution in [1.29, 1.82) is 0 Å². The Kier molecular flexibility index (Phi) is 5.15. The highest BCUT2D eigenvalue weighted by Gasteiger charge is 2.36. The maximum absolute atomic E-state index is 13.2. The van der Waals surface area contributed by atoms with Gasteiger partial charge in [0.2, 0.25) is 11.8 Å². The molecule has 0 aliphatic rings. The molecule has 4 nitrogen and oxygen atoms in total. The molecular weight excluding hydrogens is 363 g/mol. The van der Waals surface area contributed by atoms with Gasteiger partial charge in [0, 0.05) is 15.8 Å². The van der Waals surface area contributed by atoms with Crippen LogP contribution in [0.4, 0.5) is 15.8 Å². The van der Waals surface area contributed by atoms with Crippen LogP contribution in [-0.4, -0.2) is 11.8 Å². The molecule has 0 aliphatic heterocycles. The highest BCUT2D eigenvalue weighted by Crippen LogP contribution is 2.22. The standard InChI is InChI=1S/C17H16BrFN2O2/c1-17(2,15(22)20-13-8-6-11(18)7-9-13)16(23)21-14-5-3-4-12(19)10-14/h3-10H,1-2H3,(H,20,22)(H,21,23). The SMILES string of the molecule is CC(C)(C(=O)Nc1ccc(Br)cc1)C(=O)Nc1cccc(F)c1. The van der Waals surface area contributed by atoms with Crippen molar-refractivity contribution in [3.63, 3.8) is 0 Å². The van der Waals surface area contributed by atoms with E-state index in [9.17, 15) is 14.0 Å². The van der Waals surface area contributed by atoms with E-state index in [2.05, 4.69) is 26.6 Å². The van der Waals surface area contributed by atoms with Crippen molar-refractivity contribution in [3.05, 3.63) is 58.8 Å². The van der Waals surface area contributed by atoms with Crippen molar-refractivity contribution in [2.24, 2.45) is 5.41 Å². The molecule has 2 rings (SSSR count). The number of nitrogens with one attached hydrogen (secondary N) is 2. The molecule has 0 radical (unpaired) electrons. The lowest BCUT2D eigenvalue weighted by molar-refractivity contribution is -0.135. The first-order valence-electron chi connectivity index (χ1n) is 6.93. The third kappa shape index (κ3) is 4.39. The Morgan fingerprint density at radius 3 is 2.09 bits per heavy atom. The Bertz CT molecular complexity index is 730. The Labute approximate surface area is 142 Å². The summed E-state index contributed by atoms with van der Waals surface area (Å²) < 4.78 is 14.0. The van der Waals surface area contributed by atoms with Crippen molar-refractivity contribution >= 4 is 39.1 Å². The third-order valence-electron chi connectivity index (χ3n) is 3.32. The molecule has 0 spiro atoms. The minimum atomic E-state index is -1.32. The maximum atomic E-state index is 13.2. The van der Waals surface area contributed by atoms with Crippen LogP contribution in [0.15, 0.2) is 53.0 Å². The molecular formula is C17H16BrFN2O2. The van der Waals surface area contributed by atoms with E-state index in [1.165, 1.54) is 32.0 Å². The fraction of sp³-hybridized carbons (Fsp3) is 0.176.